The van der Waals surface area contributed by atoms with E-state index in [1.54, 1.807) is 30.6 Å². The molecule has 1 atom stereocenters. The average molecular weight is 470 g/mol. The molecule has 2 N–H and O–H groups in total. The Morgan fingerprint density at radius 2 is 2.09 bits per heavy atom. The first-order valence-corrected chi connectivity index (χ1v) is 10.3. The van der Waals surface area contributed by atoms with Crippen molar-refractivity contribution < 1.29 is 19.6 Å². The molecule has 0 saturated carbocycles. The molecule has 33 heavy (non-hydrogen) atoms. The number of hydrogen-bond acceptors (Lipinski definition) is 10. The molecule has 1 aliphatic heterocycles. The molecule has 0 bridgehead atoms. The van der Waals surface area contributed by atoms with Crippen molar-refractivity contribution in [2.24, 2.45) is 0 Å². The lowest BCUT2D eigenvalue weighted by molar-refractivity contribution is -0.782. The number of halogens is 1. The summed E-state index contributed by atoms with van der Waals surface area (Å²) in [5.41, 5.74) is 0.295. The summed E-state index contributed by atoms with van der Waals surface area (Å²) in [6.45, 7) is 0.752. The molecule has 1 fully saturated rings. The van der Waals surface area contributed by atoms with Crippen LogP contribution in [0.4, 0.5) is 23.0 Å². The van der Waals surface area contributed by atoms with Crippen LogP contribution in [-0.2, 0) is 0 Å². The Kier molecular flexibility index (Phi) is 5.05. The molecule has 168 valence electrons. The third-order valence-corrected chi connectivity index (χ3v) is 5.80. The normalized spacial score (nSPS) is 15.8. The number of nitrogens with one attached hydrogen (secondary N) is 1. The van der Waals surface area contributed by atoms with Gasteiger partial charge in [0.15, 0.2) is 5.69 Å². The first-order valence-electron chi connectivity index (χ1n) is 9.94. The monoisotopic (exact) mass is 469 g/mol. The summed E-state index contributed by atoms with van der Waals surface area (Å²) in [5, 5.41) is 40.4. The largest absolute Gasteiger partial charge is 0.508 e. The minimum Gasteiger partial charge on any atom is -0.508 e. The van der Waals surface area contributed by atoms with E-state index in [0.717, 1.165) is 25.5 Å². The van der Waals surface area contributed by atoms with Crippen molar-refractivity contribution >= 4 is 45.6 Å². The smallest absolute Gasteiger partial charge is 0.316 e. The van der Waals surface area contributed by atoms with Crippen LogP contribution < -0.4 is 15.1 Å². The van der Waals surface area contributed by atoms with Crippen LogP contribution >= 0.6 is 11.6 Å². The second kappa shape index (κ2) is 8.06. The molecule has 2 aromatic heterocycles. The van der Waals surface area contributed by atoms with Crippen LogP contribution in [0.25, 0.3) is 11.0 Å². The van der Waals surface area contributed by atoms with Crippen LogP contribution in [0.2, 0.25) is 5.02 Å². The van der Waals surface area contributed by atoms with Crippen molar-refractivity contribution in [3.63, 3.8) is 0 Å². The van der Waals surface area contributed by atoms with Crippen LogP contribution in [0.1, 0.15) is 24.4 Å². The maximum Gasteiger partial charge on any atom is 0.316 e. The fraction of sp³-hybridized carbons (Fsp3) is 0.200. The number of benzene rings is 2. The highest BCUT2D eigenvalue weighted by Crippen LogP contribution is 2.42. The van der Waals surface area contributed by atoms with Gasteiger partial charge in [-0.1, -0.05) is 17.7 Å². The zero-order valence-corrected chi connectivity index (χ0v) is 17.6. The second-order valence-corrected chi connectivity index (χ2v) is 7.84. The van der Waals surface area contributed by atoms with Gasteiger partial charge in [0, 0.05) is 47.5 Å². The molecule has 1 saturated heterocycles. The van der Waals surface area contributed by atoms with Crippen LogP contribution in [0.15, 0.2) is 47.4 Å². The van der Waals surface area contributed by atoms with Crippen LogP contribution in [-0.4, -0.2) is 31.7 Å². The first kappa shape index (κ1) is 20.7. The molecule has 0 aliphatic carbocycles. The van der Waals surface area contributed by atoms with Gasteiger partial charge in [-0.15, -0.1) is 0 Å². The zero-order chi connectivity index (χ0) is 23.1. The van der Waals surface area contributed by atoms with E-state index >= 15 is 0 Å². The van der Waals surface area contributed by atoms with E-state index in [1.807, 2.05) is 4.90 Å². The van der Waals surface area contributed by atoms with Crippen LogP contribution in [0.3, 0.4) is 0 Å². The number of rotatable bonds is 5. The molecule has 13 heteroatoms. The maximum atomic E-state index is 11.8. The molecule has 4 aromatic rings. The number of anilines is 3. The average Bonchev–Trinajstić information content (AvgIpc) is 3.41. The highest BCUT2D eigenvalue weighted by molar-refractivity contribution is 6.34. The quantitative estimate of drug-likeness (QED) is 0.251. The first-order chi connectivity index (χ1) is 15.9. The molecule has 1 aliphatic rings. The second-order valence-electron chi connectivity index (χ2n) is 7.44. The van der Waals surface area contributed by atoms with Gasteiger partial charge < -0.3 is 20.5 Å². The van der Waals surface area contributed by atoms with Gasteiger partial charge in [0.1, 0.15) is 10.8 Å². The Morgan fingerprint density at radius 1 is 1.30 bits per heavy atom. The molecule has 12 nitrogen and oxygen atoms in total. The summed E-state index contributed by atoms with van der Waals surface area (Å²) in [6, 6.07) is 7.57. The lowest BCUT2D eigenvalue weighted by atomic mass is 10.0. The molecule has 3 heterocycles. The van der Waals surface area contributed by atoms with Crippen molar-refractivity contribution in [2.75, 3.05) is 16.8 Å². The van der Waals surface area contributed by atoms with Gasteiger partial charge >= 0.3 is 5.69 Å². The number of fused-ring (bicyclic) bond motifs is 1. The van der Waals surface area contributed by atoms with Gasteiger partial charge in [-0.3, -0.25) is 14.7 Å². The Bertz CT molecular complexity index is 1360. The molecular weight excluding hydrogens is 454 g/mol. The number of hydrogen-bond donors (Lipinski definition) is 2. The predicted molar refractivity (Wildman–Crippen MR) is 117 cm³/mol. The van der Waals surface area contributed by atoms with Gasteiger partial charge in [0.25, 0.3) is 5.52 Å². The SMILES string of the molecule is O=[N+]([O-])c1c(Cl)cc2c(no[n+]2[O-])c1Nc1ccc(C2CCCN2c2ncccn2)c(O)c1. The summed E-state index contributed by atoms with van der Waals surface area (Å²) in [6.07, 6.45) is 5.05. The van der Waals surface area contributed by atoms with Crippen molar-refractivity contribution in [1.82, 2.24) is 15.1 Å². The van der Waals surface area contributed by atoms with Crippen molar-refractivity contribution in [1.29, 1.82) is 0 Å². The van der Waals surface area contributed by atoms with Gasteiger partial charge in [-0.25, -0.2) is 9.97 Å². The van der Waals surface area contributed by atoms with E-state index in [2.05, 4.69) is 25.1 Å². The fourth-order valence-corrected chi connectivity index (χ4v) is 4.35. The van der Waals surface area contributed by atoms with E-state index in [4.69, 9.17) is 11.6 Å². The number of phenols is 1. The summed E-state index contributed by atoms with van der Waals surface area (Å²) < 4.78 is 4.57. The standard InChI is InChI=1S/C20H16ClN7O5/c21-13-10-15-17(25-33-28(15)32)18(19(13)27(30)31)24-11-4-5-12(16(29)9-11)14-3-1-8-26(14)20-22-6-2-7-23-20/h2,4-7,9-10,14,24,29H,1,3,8H2. The lowest BCUT2D eigenvalue weighted by Crippen LogP contribution is -2.24. The van der Waals surface area contributed by atoms with Gasteiger partial charge in [-0.2, -0.15) is 0 Å². The number of aromatic hydroxyl groups is 1. The highest BCUT2D eigenvalue weighted by atomic mass is 35.5. The molecule has 0 spiro atoms. The van der Waals surface area contributed by atoms with Crippen LogP contribution in [0.5, 0.6) is 5.75 Å². The number of nitrogens with zero attached hydrogens (tertiary/aromatic N) is 6. The third-order valence-electron chi connectivity index (χ3n) is 5.51. The minimum atomic E-state index is -0.682. The van der Waals surface area contributed by atoms with Crippen molar-refractivity contribution in [3.8, 4) is 5.75 Å². The minimum absolute atomic E-state index is 0.00667. The number of aromatic nitrogens is 4. The number of phenolic OH excluding ortho intramolecular Hbond substituents is 1. The molecule has 5 rings (SSSR count). The molecular formula is C20H16ClN7O5. The van der Waals surface area contributed by atoms with E-state index in [-0.39, 0.29) is 38.4 Å². The topological polar surface area (TPSA) is 157 Å². The Morgan fingerprint density at radius 3 is 2.82 bits per heavy atom. The predicted octanol–water partition coefficient (Wildman–Crippen LogP) is 3.60. The van der Waals surface area contributed by atoms with E-state index in [0.29, 0.717) is 17.2 Å². The van der Waals surface area contributed by atoms with E-state index in [1.165, 1.54) is 6.07 Å². The van der Waals surface area contributed by atoms with E-state index in [9.17, 15) is 20.4 Å². The summed E-state index contributed by atoms with van der Waals surface area (Å²) in [4.78, 5) is 21.7. The molecule has 1 unspecified atom stereocenters. The summed E-state index contributed by atoms with van der Waals surface area (Å²) in [7, 11) is 0. The number of nitro benzene ring substituents is 1. The highest BCUT2D eigenvalue weighted by Gasteiger charge is 2.31. The maximum absolute atomic E-state index is 11.8. The van der Waals surface area contributed by atoms with Crippen LogP contribution in [0, 0.1) is 15.3 Å². The molecule has 0 amide bonds. The van der Waals surface area contributed by atoms with Crippen molar-refractivity contribution in [2.45, 2.75) is 18.9 Å². The zero-order valence-electron chi connectivity index (χ0n) is 16.9. The molecule has 2 aromatic carbocycles. The number of nitro groups is 1. The van der Waals surface area contributed by atoms with Crippen molar-refractivity contribution in [3.05, 3.63) is 68.6 Å². The van der Waals surface area contributed by atoms with E-state index < -0.39 is 10.6 Å². The lowest BCUT2D eigenvalue weighted by Gasteiger charge is -2.25. The van der Waals surface area contributed by atoms with Gasteiger partial charge in [0.05, 0.1) is 11.0 Å². The molecule has 0 radical (unpaired) electrons. The Balaban J connectivity index is 1.51. The van der Waals surface area contributed by atoms with Gasteiger partial charge in [0.2, 0.25) is 11.5 Å². The summed E-state index contributed by atoms with van der Waals surface area (Å²) >= 11 is 6.05. The van der Waals surface area contributed by atoms with Gasteiger partial charge in [-0.05, 0) is 29.9 Å². The summed E-state index contributed by atoms with van der Waals surface area (Å²) in [5.74, 6) is 0.572. The fourth-order valence-electron chi connectivity index (χ4n) is 4.08. The third kappa shape index (κ3) is 3.59. The Hall–Kier alpha value is -4.19. The Labute approximate surface area is 190 Å².